The first kappa shape index (κ1) is 24.0. The van der Waals surface area contributed by atoms with Crippen LogP contribution < -0.4 is 19.7 Å². The average molecular weight is 495 g/mol. The largest absolute Gasteiger partial charge is 0.490 e. The Kier molecular flexibility index (Phi) is 7.12. The van der Waals surface area contributed by atoms with Gasteiger partial charge < -0.3 is 9.47 Å². The highest BCUT2D eigenvalue weighted by Gasteiger charge is 2.37. The van der Waals surface area contributed by atoms with Crippen LogP contribution in [0, 0.1) is 5.82 Å². The Morgan fingerprint density at radius 2 is 1.71 bits per heavy atom. The minimum Gasteiger partial charge on any atom is -0.490 e. The first-order valence-corrected chi connectivity index (χ1v) is 11.0. The zero-order valence-corrected chi connectivity index (χ0v) is 19.3. The molecule has 3 aromatic carbocycles. The lowest BCUT2D eigenvalue weighted by molar-refractivity contribution is -0.122. The van der Waals surface area contributed by atoms with E-state index in [1.807, 2.05) is 0 Å². The van der Waals surface area contributed by atoms with Crippen LogP contribution in [-0.2, 0) is 16.2 Å². The van der Waals surface area contributed by atoms with Gasteiger partial charge in [-0.05, 0) is 60.5 Å². The molecule has 0 aromatic heterocycles. The molecule has 1 N–H and O–H groups in total. The molecule has 35 heavy (non-hydrogen) atoms. The van der Waals surface area contributed by atoms with E-state index in [0.717, 1.165) is 10.5 Å². The molecule has 4 rings (SSSR count). The number of halogens is 2. The van der Waals surface area contributed by atoms with E-state index in [1.165, 1.54) is 30.3 Å². The van der Waals surface area contributed by atoms with Crippen molar-refractivity contribution in [2.24, 2.45) is 0 Å². The van der Waals surface area contributed by atoms with Crippen LogP contribution in [0.2, 0.25) is 5.02 Å². The molecule has 1 saturated heterocycles. The van der Waals surface area contributed by atoms with Crippen LogP contribution >= 0.6 is 11.6 Å². The van der Waals surface area contributed by atoms with Gasteiger partial charge in [0, 0.05) is 0 Å². The zero-order valence-electron chi connectivity index (χ0n) is 18.6. The summed E-state index contributed by atoms with van der Waals surface area (Å²) in [5.41, 5.74) is 1.17. The van der Waals surface area contributed by atoms with Gasteiger partial charge in [-0.1, -0.05) is 41.9 Å². The molecular weight excluding hydrogens is 475 g/mol. The van der Waals surface area contributed by atoms with Crippen LogP contribution in [0.5, 0.6) is 11.5 Å². The molecule has 1 heterocycles. The number of hydrogen-bond acceptors (Lipinski definition) is 5. The Hall–Kier alpha value is -4.17. The number of amides is 4. The second-order valence-electron chi connectivity index (χ2n) is 7.46. The lowest BCUT2D eigenvalue weighted by Crippen LogP contribution is -2.54. The van der Waals surface area contributed by atoms with E-state index in [-0.39, 0.29) is 28.7 Å². The van der Waals surface area contributed by atoms with E-state index in [1.54, 1.807) is 49.4 Å². The fraction of sp³-hybridized carbons (Fsp3) is 0.115. The molecule has 3 aromatic rings. The summed E-state index contributed by atoms with van der Waals surface area (Å²) in [5, 5.41) is 2.35. The third-order valence-electron chi connectivity index (χ3n) is 5.08. The predicted octanol–water partition coefficient (Wildman–Crippen LogP) is 5.12. The molecule has 7 nitrogen and oxygen atoms in total. The predicted molar refractivity (Wildman–Crippen MR) is 129 cm³/mol. The molecule has 4 amide bonds. The Labute approximate surface area is 205 Å². The first-order chi connectivity index (χ1) is 16.9. The maximum Gasteiger partial charge on any atom is 0.335 e. The lowest BCUT2D eigenvalue weighted by Gasteiger charge is -2.27. The van der Waals surface area contributed by atoms with Gasteiger partial charge in [0.2, 0.25) is 0 Å². The molecule has 9 heteroatoms. The molecular formula is C26H20ClFN2O5. The Morgan fingerprint density at radius 3 is 2.43 bits per heavy atom. The summed E-state index contributed by atoms with van der Waals surface area (Å²) in [6.07, 6.45) is 1.36. The van der Waals surface area contributed by atoms with Crippen LogP contribution in [0.25, 0.3) is 6.08 Å². The molecule has 0 unspecified atom stereocenters. The fourth-order valence-corrected chi connectivity index (χ4v) is 3.64. The summed E-state index contributed by atoms with van der Waals surface area (Å²) >= 11 is 6.16. The topological polar surface area (TPSA) is 84.9 Å². The third-order valence-corrected chi connectivity index (χ3v) is 5.40. The van der Waals surface area contributed by atoms with Gasteiger partial charge in [-0.3, -0.25) is 14.9 Å². The minimum absolute atomic E-state index is 0.162. The standard InChI is InChI=1S/C26H20ClFN2O5/c1-2-34-23-14-17(9-12-22(23)35-15-16-7-10-18(28)11-8-16)13-19-24(31)29-26(33)30(25(19)32)21-6-4-3-5-20(21)27/h3-14H,2,15H2,1H3,(H,29,31,33)/b19-13+. The van der Waals surface area contributed by atoms with Gasteiger partial charge in [-0.2, -0.15) is 0 Å². The van der Waals surface area contributed by atoms with Crippen LogP contribution in [-0.4, -0.2) is 24.5 Å². The number of rotatable bonds is 7. The highest BCUT2D eigenvalue weighted by molar-refractivity contribution is 6.42. The van der Waals surface area contributed by atoms with Crippen molar-refractivity contribution < 1.29 is 28.2 Å². The molecule has 0 saturated carbocycles. The van der Waals surface area contributed by atoms with Gasteiger partial charge in [-0.25, -0.2) is 14.1 Å². The van der Waals surface area contributed by atoms with Crippen LogP contribution in [0.3, 0.4) is 0 Å². The number of barbiturate groups is 1. The number of urea groups is 1. The van der Waals surface area contributed by atoms with E-state index < -0.39 is 17.8 Å². The van der Waals surface area contributed by atoms with Crippen molar-refractivity contribution in [2.75, 3.05) is 11.5 Å². The van der Waals surface area contributed by atoms with E-state index in [4.69, 9.17) is 21.1 Å². The average Bonchev–Trinajstić information content (AvgIpc) is 2.83. The second-order valence-corrected chi connectivity index (χ2v) is 7.87. The summed E-state index contributed by atoms with van der Waals surface area (Å²) in [5.74, 6) is -1.13. The molecule has 178 valence electrons. The number of nitrogens with zero attached hydrogens (tertiary/aromatic N) is 1. The number of carbonyl (C=O) groups is 3. The maximum atomic E-state index is 13.1. The van der Waals surface area contributed by atoms with Crippen molar-refractivity contribution >= 4 is 41.2 Å². The van der Waals surface area contributed by atoms with Gasteiger partial charge in [-0.15, -0.1) is 0 Å². The zero-order chi connectivity index (χ0) is 24.9. The molecule has 0 spiro atoms. The maximum absolute atomic E-state index is 13.1. The number of hydrogen-bond donors (Lipinski definition) is 1. The van der Waals surface area contributed by atoms with Crippen LogP contribution in [0.4, 0.5) is 14.9 Å². The Morgan fingerprint density at radius 1 is 0.971 bits per heavy atom. The summed E-state index contributed by atoms with van der Waals surface area (Å²) in [7, 11) is 0. The minimum atomic E-state index is -0.884. The number of anilines is 1. The summed E-state index contributed by atoms with van der Waals surface area (Å²) in [6.45, 7) is 2.35. The fourth-order valence-electron chi connectivity index (χ4n) is 3.42. The Bertz CT molecular complexity index is 1320. The SMILES string of the molecule is CCOc1cc(/C=C2\C(=O)NC(=O)N(c3ccccc3Cl)C2=O)ccc1OCc1ccc(F)cc1. The van der Waals surface area contributed by atoms with Gasteiger partial charge in [0.05, 0.1) is 17.3 Å². The van der Waals surface area contributed by atoms with Crippen molar-refractivity contribution in [1.82, 2.24) is 5.32 Å². The number of benzene rings is 3. The molecule has 0 bridgehead atoms. The molecule has 0 radical (unpaired) electrons. The number of ether oxygens (including phenoxy) is 2. The van der Waals surface area contributed by atoms with E-state index in [0.29, 0.717) is 23.7 Å². The highest BCUT2D eigenvalue weighted by atomic mass is 35.5. The summed E-state index contributed by atoms with van der Waals surface area (Å²) in [6, 6.07) is 16.3. The number of para-hydroxylation sites is 1. The van der Waals surface area contributed by atoms with Crippen LogP contribution in [0.1, 0.15) is 18.1 Å². The van der Waals surface area contributed by atoms with Crippen LogP contribution in [0.15, 0.2) is 72.3 Å². The van der Waals surface area contributed by atoms with Gasteiger partial charge in [0.15, 0.2) is 11.5 Å². The van der Waals surface area contributed by atoms with E-state index in [9.17, 15) is 18.8 Å². The summed E-state index contributed by atoms with van der Waals surface area (Å²) < 4.78 is 24.6. The Balaban J connectivity index is 1.61. The molecule has 1 aliphatic rings. The number of carbonyl (C=O) groups excluding carboxylic acids is 3. The number of nitrogens with one attached hydrogen (secondary N) is 1. The van der Waals surface area contributed by atoms with E-state index >= 15 is 0 Å². The first-order valence-electron chi connectivity index (χ1n) is 10.7. The smallest absolute Gasteiger partial charge is 0.335 e. The van der Waals surface area contributed by atoms with Crippen molar-refractivity contribution in [2.45, 2.75) is 13.5 Å². The second kappa shape index (κ2) is 10.4. The third kappa shape index (κ3) is 5.33. The molecule has 1 fully saturated rings. The summed E-state index contributed by atoms with van der Waals surface area (Å²) in [4.78, 5) is 38.8. The molecule has 0 atom stereocenters. The van der Waals surface area contributed by atoms with Crippen molar-refractivity contribution in [3.05, 3.63) is 94.3 Å². The van der Waals surface area contributed by atoms with Crippen molar-refractivity contribution in [3.8, 4) is 11.5 Å². The van der Waals surface area contributed by atoms with Gasteiger partial charge >= 0.3 is 6.03 Å². The quantitative estimate of drug-likeness (QED) is 0.364. The lowest BCUT2D eigenvalue weighted by atomic mass is 10.1. The molecule has 0 aliphatic carbocycles. The highest BCUT2D eigenvalue weighted by Crippen LogP contribution is 2.32. The van der Waals surface area contributed by atoms with Gasteiger partial charge in [0.1, 0.15) is 18.0 Å². The number of imide groups is 2. The van der Waals surface area contributed by atoms with E-state index in [2.05, 4.69) is 5.32 Å². The normalized spacial score (nSPS) is 14.8. The van der Waals surface area contributed by atoms with Crippen molar-refractivity contribution in [3.63, 3.8) is 0 Å². The monoisotopic (exact) mass is 494 g/mol. The molecule has 1 aliphatic heterocycles. The van der Waals surface area contributed by atoms with Crippen molar-refractivity contribution in [1.29, 1.82) is 0 Å². The van der Waals surface area contributed by atoms with Gasteiger partial charge in [0.25, 0.3) is 11.8 Å².